The van der Waals surface area contributed by atoms with E-state index in [1.165, 1.54) is 29.5 Å². The molecular formula is C21H22BrCl2N3. The Morgan fingerprint density at radius 2 is 1.70 bits per heavy atom. The van der Waals surface area contributed by atoms with E-state index in [1.54, 1.807) is 0 Å². The van der Waals surface area contributed by atoms with Gasteiger partial charge in [-0.25, -0.2) is 4.98 Å². The van der Waals surface area contributed by atoms with E-state index in [9.17, 15) is 0 Å². The molecule has 0 atom stereocenters. The second-order valence-electron chi connectivity index (χ2n) is 7.55. The van der Waals surface area contributed by atoms with Crippen molar-refractivity contribution < 1.29 is 0 Å². The molecule has 3 nitrogen and oxygen atoms in total. The Kier molecular flexibility index (Phi) is 5.17. The average molecular weight is 467 g/mol. The summed E-state index contributed by atoms with van der Waals surface area (Å²) in [5.41, 5.74) is 5.13. The van der Waals surface area contributed by atoms with Crippen LogP contribution < -0.4 is 4.90 Å². The maximum atomic E-state index is 6.55. The van der Waals surface area contributed by atoms with Crippen LogP contribution in [0.25, 0.3) is 16.7 Å². The van der Waals surface area contributed by atoms with E-state index >= 15 is 0 Å². The first-order chi connectivity index (χ1) is 12.8. The average Bonchev–Trinajstić information content (AvgIpc) is 2.90. The van der Waals surface area contributed by atoms with Gasteiger partial charge >= 0.3 is 0 Å². The van der Waals surface area contributed by atoms with Gasteiger partial charge < -0.3 is 4.90 Å². The minimum absolute atomic E-state index is 0.600. The Hall–Kier alpha value is -1.23. The molecule has 0 bridgehead atoms. The van der Waals surface area contributed by atoms with Gasteiger partial charge in [0.2, 0.25) is 0 Å². The largest absolute Gasteiger partial charge is 0.371 e. The highest BCUT2D eigenvalue weighted by Crippen LogP contribution is 2.38. The molecule has 1 fully saturated rings. The molecule has 142 valence electrons. The molecule has 0 N–H and O–H groups in total. The molecule has 4 rings (SSSR count). The fourth-order valence-corrected chi connectivity index (χ4v) is 5.34. The van der Waals surface area contributed by atoms with Gasteiger partial charge in [-0.3, -0.25) is 4.57 Å². The summed E-state index contributed by atoms with van der Waals surface area (Å²) in [4.78, 5) is 7.35. The molecule has 3 aromatic rings. The number of pyridine rings is 1. The lowest BCUT2D eigenvalue weighted by atomic mass is 9.98. The van der Waals surface area contributed by atoms with Crippen LogP contribution in [-0.4, -0.2) is 22.6 Å². The zero-order valence-electron chi connectivity index (χ0n) is 15.7. The van der Waals surface area contributed by atoms with Crippen molar-refractivity contribution in [1.82, 2.24) is 9.55 Å². The molecule has 6 heteroatoms. The first kappa shape index (κ1) is 19.1. The summed E-state index contributed by atoms with van der Waals surface area (Å²) >= 11 is 16.6. The fourth-order valence-electron chi connectivity index (χ4n) is 3.95. The molecule has 1 aliphatic heterocycles. The van der Waals surface area contributed by atoms with Gasteiger partial charge in [-0.05, 0) is 56.4 Å². The SMILES string of the molecule is Cc1cc(N2CCC(C)CC2)c2c(C)cn(-c3c(Cl)cc(Br)cc3Cl)c2n1. The topological polar surface area (TPSA) is 21.1 Å². The highest BCUT2D eigenvalue weighted by molar-refractivity contribution is 9.10. The summed E-state index contributed by atoms with van der Waals surface area (Å²) in [6, 6.07) is 5.94. The van der Waals surface area contributed by atoms with Crippen LogP contribution in [0.2, 0.25) is 10.0 Å². The van der Waals surface area contributed by atoms with Crippen LogP contribution in [0.4, 0.5) is 5.69 Å². The first-order valence-electron chi connectivity index (χ1n) is 9.24. The van der Waals surface area contributed by atoms with E-state index in [-0.39, 0.29) is 0 Å². The number of aromatic nitrogens is 2. The zero-order chi connectivity index (χ0) is 19.3. The van der Waals surface area contributed by atoms with Crippen LogP contribution in [0.15, 0.2) is 28.9 Å². The van der Waals surface area contributed by atoms with Crippen LogP contribution in [0.3, 0.4) is 0 Å². The molecule has 0 amide bonds. The minimum Gasteiger partial charge on any atom is -0.371 e. The number of aryl methyl sites for hydroxylation is 2. The van der Waals surface area contributed by atoms with Gasteiger partial charge in [0.15, 0.2) is 0 Å². The van der Waals surface area contributed by atoms with E-state index in [1.807, 2.05) is 23.6 Å². The Balaban J connectivity index is 1.93. The van der Waals surface area contributed by atoms with Gasteiger partial charge in [0.25, 0.3) is 0 Å². The quantitative estimate of drug-likeness (QED) is 0.407. The standard InChI is InChI=1S/C21H22BrCl2N3/c1-12-4-6-26(7-5-12)18-8-14(3)25-21-19(18)13(2)11-27(21)20-16(23)9-15(22)10-17(20)24/h8-12H,4-7H2,1-3H3. The maximum Gasteiger partial charge on any atom is 0.147 e. The van der Waals surface area contributed by atoms with Crippen LogP contribution in [0, 0.1) is 19.8 Å². The number of rotatable bonds is 2. The third kappa shape index (κ3) is 3.48. The fraction of sp³-hybridized carbons (Fsp3) is 0.381. The maximum absolute atomic E-state index is 6.55. The first-order valence-corrected chi connectivity index (χ1v) is 10.8. The molecular weight excluding hydrogens is 445 g/mol. The number of hydrogen-bond donors (Lipinski definition) is 0. The van der Waals surface area contributed by atoms with Crippen molar-refractivity contribution in [3.8, 4) is 5.69 Å². The smallest absolute Gasteiger partial charge is 0.147 e. The number of anilines is 1. The molecule has 27 heavy (non-hydrogen) atoms. The third-order valence-electron chi connectivity index (χ3n) is 5.40. The van der Waals surface area contributed by atoms with Crippen molar-refractivity contribution in [1.29, 1.82) is 0 Å². The second kappa shape index (κ2) is 7.31. The van der Waals surface area contributed by atoms with Gasteiger partial charge in [0.1, 0.15) is 5.65 Å². The zero-order valence-corrected chi connectivity index (χ0v) is 18.8. The molecule has 2 aromatic heterocycles. The van der Waals surface area contributed by atoms with E-state index in [2.05, 4.69) is 46.9 Å². The van der Waals surface area contributed by atoms with Crippen molar-refractivity contribution in [3.63, 3.8) is 0 Å². The number of benzene rings is 1. The van der Waals surface area contributed by atoms with Crippen molar-refractivity contribution >= 4 is 55.9 Å². The van der Waals surface area contributed by atoms with E-state index in [0.717, 1.165) is 40.5 Å². The Morgan fingerprint density at radius 3 is 2.33 bits per heavy atom. The molecule has 1 saturated heterocycles. The lowest BCUT2D eigenvalue weighted by molar-refractivity contribution is 0.439. The number of halogens is 3. The van der Waals surface area contributed by atoms with Gasteiger partial charge in [-0.15, -0.1) is 0 Å². The normalized spacial score (nSPS) is 15.7. The summed E-state index contributed by atoms with van der Waals surface area (Å²) in [6.07, 6.45) is 4.55. The van der Waals surface area contributed by atoms with Gasteiger partial charge in [0.05, 0.1) is 15.7 Å². The molecule has 0 radical (unpaired) electrons. The predicted molar refractivity (Wildman–Crippen MR) is 119 cm³/mol. The number of fused-ring (bicyclic) bond motifs is 1. The van der Waals surface area contributed by atoms with Gasteiger partial charge in [-0.2, -0.15) is 0 Å². The molecule has 1 aromatic carbocycles. The van der Waals surface area contributed by atoms with Gasteiger partial charge in [-0.1, -0.05) is 46.1 Å². The Bertz CT molecular complexity index is 997. The Morgan fingerprint density at radius 1 is 1.07 bits per heavy atom. The van der Waals surface area contributed by atoms with Crippen molar-refractivity contribution in [2.24, 2.45) is 5.92 Å². The number of hydrogen-bond acceptors (Lipinski definition) is 2. The third-order valence-corrected chi connectivity index (χ3v) is 6.43. The van der Waals surface area contributed by atoms with Crippen molar-refractivity contribution in [3.05, 3.63) is 50.2 Å². The van der Waals surface area contributed by atoms with Crippen molar-refractivity contribution in [2.45, 2.75) is 33.6 Å². The summed E-state index contributed by atoms with van der Waals surface area (Å²) in [6.45, 7) is 8.69. The van der Waals surface area contributed by atoms with E-state index in [4.69, 9.17) is 28.2 Å². The Labute approximate surface area is 178 Å². The summed E-state index contributed by atoms with van der Waals surface area (Å²) in [7, 11) is 0. The molecule has 0 saturated carbocycles. The lowest BCUT2D eigenvalue weighted by Crippen LogP contribution is -2.33. The molecule has 0 spiro atoms. The van der Waals surface area contributed by atoms with Crippen LogP contribution in [-0.2, 0) is 0 Å². The van der Waals surface area contributed by atoms with Gasteiger partial charge in [0, 0.05) is 40.5 Å². The van der Waals surface area contributed by atoms with E-state index in [0.29, 0.717) is 10.0 Å². The minimum atomic E-state index is 0.600. The summed E-state index contributed by atoms with van der Waals surface area (Å²) < 4.78 is 2.90. The van der Waals surface area contributed by atoms with Crippen LogP contribution in [0.5, 0.6) is 0 Å². The summed E-state index contributed by atoms with van der Waals surface area (Å²) in [5, 5.41) is 2.39. The number of nitrogens with zero attached hydrogens (tertiary/aromatic N) is 3. The molecule has 0 unspecified atom stereocenters. The monoisotopic (exact) mass is 465 g/mol. The van der Waals surface area contributed by atoms with Crippen LogP contribution in [0.1, 0.15) is 31.0 Å². The highest BCUT2D eigenvalue weighted by Gasteiger charge is 2.22. The molecule has 1 aliphatic rings. The second-order valence-corrected chi connectivity index (χ2v) is 9.28. The highest BCUT2D eigenvalue weighted by atomic mass is 79.9. The summed E-state index contributed by atoms with van der Waals surface area (Å²) in [5.74, 6) is 0.797. The predicted octanol–water partition coefficient (Wildman–Crippen LogP) is 6.95. The van der Waals surface area contributed by atoms with E-state index < -0.39 is 0 Å². The van der Waals surface area contributed by atoms with Crippen molar-refractivity contribution in [2.75, 3.05) is 18.0 Å². The van der Waals surface area contributed by atoms with Crippen LogP contribution >= 0.6 is 39.1 Å². The lowest BCUT2D eigenvalue weighted by Gasteiger charge is -2.33. The number of piperidine rings is 1. The molecule has 3 heterocycles. The molecule has 0 aliphatic carbocycles.